The van der Waals surface area contributed by atoms with Gasteiger partial charge in [0, 0.05) is 0 Å². The van der Waals surface area contributed by atoms with Gasteiger partial charge >= 0.3 is 51.4 Å². The van der Waals surface area contributed by atoms with Gasteiger partial charge in [0.15, 0.2) is 0 Å². The van der Waals surface area contributed by atoms with Crippen LogP contribution in [0.3, 0.4) is 0 Å². The molecule has 0 bridgehead atoms. The third-order valence-electron chi connectivity index (χ3n) is 0. The molecular weight excluding hydrogens is 95.2 g/mol. The van der Waals surface area contributed by atoms with E-state index in [1.54, 1.807) is 6.55 Å². The molecule has 0 amide bonds. The van der Waals surface area contributed by atoms with Gasteiger partial charge in [-0.15, -0.1) is 0 Å². The quantitative estimate of drug-likeness (QED) is 0.283. The molecule has 0 rings (SSSR count). The summed E-state index contributed by atoms with van der Waals surface area (Å²) in [5.41, 5.74) is 0. The maximum absolute atomic E-state index is 8.96. The van der Waals surface area contributed by atoms with E-state index in [0.717, 1.165) is 0 Å². The van der Waals surface area contributed by atoms with Crippen molar-refractivity contribution >= 4 is 9.76 Å². The van der Waals surface area contributed by atoms with Crippen molar-refractivity contribution < 1.29 is 56.2 Å². The van der Waals surface area contributed by atoms with Crippen LogP contribution in [-0.4, -0.2) is 9.76 Å². The van der Waals surface area contributed by atoms with Gasteiger partial charge in [0.25, 0.3) is 0 Å². The molecular formula is CH3KOSi. The summed E-state index contributed by atoms with van der Waals surface area (Å²) in [7, 11) is -0.167. The molecule has 0 spiro atoms. The molecule has 4 heavy (non-hydrogen) atoms. The first-order valence-corrected chi connectivity index (χ1v) is 2.11. The van der Waals surface area contributed by atoms with Crippen LogP contribution in [0.2, 0.25) is 6.55 Å². The Balaban J connectivity index is 0. The first kappa shape index (κ1) is 9.26. The molecule has 0 aliphatic heterocycles. The van der Waals surface area contributed by atoms with Gasteiger partial charge in [-0.25, -0.2) is 0 Å². The topological polar surface area (TPSA) is 23.1 Å². The Morgan fingerprint density at radius 2 is 1.75 bits per heavy atom. The summed E-state index contributed by atoms with van der Waals surface area (Å²) in [4.78, 5) is 8.96. The molecule has 0 unspecified atom stereocenters. The Kier molecular flexibility index (Phi) is 20.5. The molecule has 0 aliphatic carbocycles. The predicted octanol–water partition coefficient (Wildman–Crippen LogP) is -3.98. The van der Waals surface area contributed by atoms with Crippen LogP contribution in [0.4, 0.5) is 0 Å². The van der Waals surface area contributed by atoms with Crippen LogP contribution in [0, 0.1) is 0 Å². The normalized spacial score (nSPS) is 4.50. The molecule has 1 nitrogen and oxygen atoms in total. The van der Waals surface area contributed by atoms with Gasteiger partial charge in [0.2, 0.25) is 0 Å². The first-order valence-electron chi connectivity index (χ1n) is 0.704. The fourth-order valence-electron chi connectivity index (χ4n) is 0. The first-order chi connectivity index (χ1) is 1.41. The molecule has 0 aromatic heterocycles. The van der Waals surface area contributed by atoms with Gasteiger partial charge in [0.1, 0.15) is 0 Å². The molecule has 0 saturated heterocycles. The van der Waals surface area contributed by atoms with Crippen molar-refractivity contribution in [3.8, 4) is 0 Å². The van der Waals surface area contributed by atoms with Gasteiger partial charge < -0.3 is 4.80 Å². The van der Waals surface area contributed by atoms with Crippen LogP contribution in [0.25, 0.3) is 0 Å². The van der Waals surface area contributed by atoms with Gasteiger partial charge in [0.05, 0.1) is 0 Å². The van der Waals surface area contributed by atoms with Crippen molar-refractivity contribution in [1.82, 2.24) is 0 Å². The van der Waals surface area contributed by atoms with Crippen LogP contribution in [0.5, 0.6) is 0 Å². The molecule has 0 N–H and O–H groups in total. The van der Waals surface area contributed by atoms with E-state index in [2.05, 4.69) is 0 Å². The van der Waals surface area contributed by atoms with Gasteiger partial charge in [-0.1, -0.05) is 16.3 Å². The number of hydrogen-bond acceptors (Lipinski definition) is 1. The standard InChI is InChI=1S/CH3OSi.K/c1-3-2;/h1H3;/q-1;+1. The minimum Gasteiger partial charge on any atom is -0.863 e. The van der Waals surface area contributed by atoms with E-state index in [9.17, 15) is 0 Å². The van der Waals surface area contributed by atoms with E-state index in [0.29, 0.717) is 0 Å². The van der Waals surface area contributed by atoms with Crippen molar-refractivity contribution in [2.24, 2.45) is 0 Å². The molecule has 2 radical (unpaired) electrons. The molecule has 3 heteroatoms. The van der Waals surface area contributed by atoms with Crippen molar-refractivity contribution in [3.63, 3.8) is 0 Å². The SMILES string of the molecule is C[Si][O-].[K+]. The Hall–Kier alpha value is 1.81. The second-order valence-electron chi connectivity index (χ2n) is 0.204. The van der Waals surface area contributed by atoms with Gasteiger partial charge in [-0.2, -0.15) is 0 Å². The van der Waals surface area contributed by atoms with E-state index < -0.39 is 0 Å². The summed E-state index contributed by atoms with van der Waals surface area (Å²) in [5, 5.41) is 0. The minimum atomic E-state index is -0.167. The van der Waals surface area contributed by atoms with Crippen LogP contribution >= 0.6 is 0 Å². The second kappa shape index (κ2) is 8.84. The molecule has 0 heterocycles. The fraction of sp³-hybridized carbons (Fsp3) is 1.00. The third-order valence-corrected chi connectivity index (χ3v) is 0. The average molecular weight is 98.2 g/mol. The molecule has 0 aromatic carbocycles. The van der Waals surface area contributed by atoms with E-state index in [1.807, 2.05) is 0 Å². The fourth-order valence-corrected chi connectivity index (χ4v) is 0. The molecule has 0 atom stereocenters. The van der Waals surface area contributed by atoms with Gasteiger partial charge in [-0.3, -0.25) is 0 Å². The van der Waals surface area contributed by atoms with Crippen molar-refractivity contribution in [2.75, 3.05) is 0 Å². The average Bonchev–Trinajstić information content (AvgIpc) is 0.918. The largest absolute Gasteiger partial charge is 1.00 e. The Labute approximate surface area is 71.2 Å². The third kappa shape index (κ3) is 9.18. The summed E-state index contributed by atoms with van der Waals surface area (Å²) in [6, 6.07) is 0. The smallest absolute Gasteiger partial charge is 0.863 e. The summed E-state index contributed by atoms with van der Waals surface area (Å²) in [5.74, 6) is 0. The van der Waals surface area contributed by atoms with Crippen LogP contribution in [-0.2, 0) is 0 Å². The van der Waals surface area contributed by atoms with Crippen LogP contribution in [0.1, 0.15) is 0 Å². The minimum absolute atomic E-state index is 0. The molecule has 0 aromatic rings. The van der Waals surface area contributed by atoms with E-state index >= 15 is 0 Å². The molecule has 0 saturated carbocycles. The summed E-state index contributed by atoms with van der Waals surface area (Å²) in [6.45, 7) is 1.60. The number of hydrogen-bond donors (Lipinski definition) is 0. The Morgan fingerprint density at radius 3 is 1.75 bits per heavy atom. The zero-order valence-electron chi connectivity index (χ0n) is 2.91. The summed E-state index contributed by atoms with van der Waals surface area (Å²) >= 11 is 0. The Morgan fingerprint density at radius 1 is 1.75 bits per heavy atom. The zero-order chi connectivity index (χ0) is 2.71. The molecule has 0 aliphatic rings. The molecule has 0 fully saturated rings. The monoisotopic (exact) mass is 98.0 g/mol. The zero-order valence-corrected chi connectivity index (χ0v) is 7.03. The van der Waals surface area contributed by atoms with Crippen molar-refractivity contribution in [1.29, 1.82) is 0 Å². The van der Waals surface area contributed by atoms with E-state index in [1.165, 1.54) is 0 Å². The van der Waals surface area contributed by atoms with E-state index in [-0.39, 0.29) is 61.1 Å². The van der Waals surface area contributed by atoms with Gasteiger partial charge in [-0.05, 0) is 0 Å². The van der Waals surface area contributed by atoms with Crippen LogP contribution in [0.15, 0.2) is 0 Å². The summed E-state index contributed by atoms with van der Waals surface area (Å²) < 4.78 is 0. The van der Waals surface area contributed by atoms with Crippen molar-refractivity contribution in [3.05, 3.63) is 0 Å². The Bertz CT molecular complexity index is 8.00. The van der Waals surface area contributed by atoms with Crippen molar-refractivity contribution in [2.45, 2.75) is 6.55 Å². The van der Waals surface area contributed by atoms with Crippen LogP contribution < -0.4 is 56.2 Å². The predicted molar refractivity (Wildman–Crippen MR) is 11.6 cm³/mol. The molecule has 18 valence electrons. The summed E-state index contributed by atoms with van der Waals surface area (Å²) in [6.07, 6.45) is 0. The second-order valence-corrected chi connectivity index (χ2v) is 0.612. The van der Waals surface area contributed by atoms with E-state index in [4.69, 9.17) is 4.80 Å². The maximum Gasteiger partial charge on any atom is 1.00 e. The maximum atomic E-state index is 8.96. The number of rotatable bonds is 0.